The zero-order valence-electron chi connectivity index (χ0n) is 41.3. The maximum absolute atomic E-state index is 6.20. The number of furan rings is 2. The first-order chi connectivity index (χ1) is 38.5. The lowest BCUT2D eigenvalue weighted by Gasteiger charge is -2.09. The Morgan fingerprint density at radius 3 is 1.32 bits per heavy atom. The molecular weight excluding hydrogens is 1100 g/mol. The minimum atomic E-state index is 0. The first-order valence-corrected chi connectivity index (χ1v) is 28.1. The van der Waals surface area contributed by atoms with Crippen molar-refractivity contribution in [3.63, 3.8) is 0 Å². The minimum Gasteiger partial charge on any atom is -0.452 e. The molecule has 79 heavy (non-hydrogen) atoms. The van der Waals surface area contributed by atoms with Crippen molar-refractivity contribution in [1.29, 1.82) is 0 Å². The van der Waals surface area contributed by atoms with Crippen LogP contribution >= 0.6 is 50.2 Å². The highest BCUT2D eigenvalue weighted by Crippen LogP contribution is 2.43. The van der Waals surface area contributed by atoms with Crippen molar-refractivity contribution in [3.8, 4) is 55.8 Å². The molecular formula is C69H44BrClN4O2S2. The van der Waals surface area contributed by atoms with Crippen molar-refractivity contribution in [2.24, 2.45) is 0 Å². The summed E-state index contributed by atoms with van der Waals surface area (Å²) >= 11 is 13.2. The molecule has 16 aromatic rings. The fourth-order valence-electron chi connectivity index (χ4n) is 10.4. The van der Waals surface area contributed by atoms with Crippen LogP contribution in [0.3, 0.4) is 0 Å². The SMILES string of the molecule is Brc1cccc(-c2cccc(-c3cccc4c3sc3ccccc34)c2)c1.C.Clc1ncnc2c1oc1ccccc12.c1cc(-c2cccc(-c3cccc4c3sc3ccccc34)c2)cc(-c2ncnc3c2oc2ccccc23)c1. The Kier molecular flexibility index (Phi) is 13.3. The van der Waals surface area contributed by atoms with Crippen LogP contribution in [0.4, 0.5) is 0 Å². The summed E-state index contributed by atoms with van der Waals surface area (Å²) in [5, 5.41) is 7.64. The van der Waals surface area contributed by atoms with Gasteiger partial charge in [-0.05, 0) is 111 Å². The lowest BCUT2D eigenvalue weighted by Crippen LogP contribution is -1.88. The van der Waals surface area contributed by atoms with Gasteiger partial charge in [-0.3, -0.25) is 0 Å². The minimum absolute atomic E-state index is 0. The lowest BCUT2D eigenvalue weighted by atomic mass is 9.96. The Morgan fingerprint density at radius 1 is 0.354 bits per heavy atom. The van der Waals surface area contributed by atoms with Crippen molar-refractivity contribution < 1.29 is 8.83 Å². The Bertz CT molecular complexity index is 4790. The van der Waals surface area contributed by atoms with E-state index in [1.807, 2.05) is 71.2 Å². The highest BCUT2D eigenvalue weighted by Gasteiger charge is 2.17. The van der Waals surface area contributed by atoms with Crippen molar-refractivity contribution >= 4 is 135 Å². The first kappa shape index (κ1) is 49.7. The number of benzene rings is 10. The predicted octanol–water partition coefficient (Wildman–Crippen LogP) is 21.6. The summed E-state index contributed by atoms with van der Waals surface area (Å²) in [6, 6.07) is 80.9. The third-order valence-electron chi connectivity index (χ3n) is 14.1. The Morgan fingerprint density at radius 2 is 0.759 bits per heavy atom. The summed E-state index contributed by atoms with van der Waals surface area (Å²) in [5.74, 6) is 0. The Labute approximate surface area is 476 Å². The Hall–Kier alpha value is -8.83. The van der Waals surface area contributed by atoms with Gasteiger partial charge >= 0.3 is 0 Å². The lowest BCUT2D eigenvalue weighted by molar-refractivity contribution is 0.666. The van der Waals surface area contributed by atoms with Crippen molar-refractivity contribution in [2.45, 2.75) is 7.43 Å². The number of hydrogen-bond acceptors (Lipinski definition) is 8. The molecule has 0 aliphatic heterocycles. The van der Waals surface area contributed by atoms with E-state index in [9.17, 15) is 0 Å². The number of rotatable bonds is 5. The number of thiophene rings is 2. The fraction of sp³-hybridized carbons (Fsp3) is 0.0145. The number of halogens is 2. The smallest absolute Gasteiger partial charge is 0.191 e. The monoisotopic (exact) mass is 1140 g/mol. The van der Waals surface area contributed by atoms with Crippen LogP contribution in [-0.4, -0.2) is 19.9 Å². The topological polar surface area (TPSA) is 77.8 Å². The van der Waals surface area contributed by atoms with Crippen molar-refractivity contribution in [1.82, 2.24) is 19.9 Å². The van der Waals surface area contributed by atoms with Crippen molar-refractivity contribution in [3.05, 3.63) is 253 Å². The van der Waals surface area contributed by atoms with E-state index in [2.05, 4.69) is 218 Å². The third kappa shape index (κ3) is 9.30. The van der Waals surface area contributed by atoms with E-state index in [1.165, 1.54) is 80.1 Å². The van der Waals surface area contributed by atoms with Gasteiger partial charge in [0, 0.05) is 61.2 Å². The second-order valence-corrected chi connectivity index (χ2v) is 22.1. The fourth-order valence-corrected chi connectivity index (χ4v) is 13.5. The third-order valence-corrected chi connectivity index (χ3v) is 17.3. The van der Waals surface area contributed by atoms with Gasteiger partial charge in [0.15, 0.2) is 16.3 Å². The molecule has 0 amide bonds. The van der Waals surface area contributed by atoms with Gasteiger partial charge in [0.05, 0.1) is 0 Å². The number of para-hydroxylation sites is 2. The van der Waals surface area contributed by atoms with E-state index in [0.717, 1.165) is 65.4 Å². The van der Waals surface area contributed by atoms with Gasteiger partial charge in [0.25, 0.3) is 0 Å². The highest BCUT2D eigenvalue weighted by atomic mass is 79.9. The van der Waals surface area contributed by atoms with Gasteiger partial charge in [-0.15, -0.1) is 22.7 Å². The summed E-state index contributed by atoms with van der Waals surface area (Å²) in [7, 11) is 0. The average molecular weight is 1140 g/mol. The standard InChI is InChI=1S/C34H20N2OS.C24H15BrS.C10H5ClN2O.CH4/c1-3-16-29-28(13-1)32-33(37-29)31(35-20-36-32)24-11-6-9-22(19-24)21-8-5-10-23(18-21)25-14-7-15-27-26-12-2-4-17-30(26)38-34(25)27;25-19-9-4-7-17(15-19)16-6-3-8-18(14-16)20-11-5-12-22-21-10-1-2-13-23(21)26-24(20)22;11-10-9-8(12-5-13-10)6-3-1-2-4-7(6)14-9;/h1-20H;1-15H;1-5H;1H4. The van der Waals surface area contributed by atoms with E-state index < -0.39 is 0 Å². The molecule has 378 valence electrons. The molecule has 0 radical (unpaired) electrons. The van der Waals surface area contributed by atoms with Crippen LogP contribution in [0, 0.1) is 0 Å². The molecule has 0 saturated carbocycles. The van der Waals surface area contributed by atoms with Crippen LogP contribution in [0.2, 0.25) is 5.15 Å². The van der Waals surface area contributed by atoms with Gasteiger partial charge in [-0.2, -0.15) is 0 Å². The van der Waals surface area contributed by atoms with Crippen LogP contribution in [-0.2, 0) is 0 Å². The molecule has 0 aliphatic rings. The van der Waals surface area contributed by atoms with E-state index >= 15 is 0 Å². The molecule has 0 saturated heterocycles. The van der Waals surface area contributed by atoms with Crippen LogP contribution in [0.1, 0.15) is 7.43 Å². The summed E-state index contributed by atoms with van der Waals surface area (Å²) in [4.78, 5) is 17.1. The molecule has 6 aromatic heterocycles. The van der Waals surface area contributed by atoms with Gasteiger partial charge in [0.1, 0.15) is 40.5 Å². The zero-order chi connectivity index (χ0) is 52.1. The highest BCUT2D eigenvalue weighted by molar-refractivity contribution is 9.10. The van der Waals surface area contributed by atoms with E-state index in [1.54, 1.807) is 6.33 Å². The number of aromatic nitrogens is 4. The van der Waals surface area contributed by atoms with E-state index in [-0.39, 0.29) is 7.43 Å². The zero-order valence-corrected chi connectivity index (χ0v) is 45.2. The molecule has 0 bridgehead atoms. The molecule has 10 aromatic carbocycles. The number of fused-ring (bicyclic) bond motifs is 12. The first-order valence-electron chi connectivity index (χ1n) is 25.3. The van der Waals surface area contributed by atoms with Crippen LogP contribution < -0.4 is 0 Å². The second-order valence-electron chi connectivity index (χ2n) is 18.8. The summed E-state index contributed by atoms with van der Waals surface area (Å²) < 4.78 is 18.2. The average Bonchev–Trinajstić information content (AvgIpc) is 4.49. The molecule has 0 spiro atoms. The van der Waals surface area contributed by atoms with Crippen molar-refractivity contribution in [2.75, 3.05) is 0 Å². The number of nitrogens with zero attached hydrogens (tertiary/aromatic N) is 4. The molecule has 0 unspecified atom stereocenters. The second kappa shape index (κ2) is 21.2. The summed E-state index contributed by atoms with van der Waals surface area (Å²) in [6.45, 7) is 0. The summed E-state index contributed by atoms with van der Waals surface area (Å²) in [6.07, 6.45) is 3.06. The molecule has 6 nitrogen and oxygen atoms in total. The maximum Gasteiger partial charge on any atom is 0.191 e. The van der Waals surface area contributed by atoms with E-state index in [0.29, 0.717) is 10.7 Å². The predicted molar refractivity (Wildman–Crippen MR) is 337 cm³/mol. The molecule has 0 atom stereocenters. The Balaban J connectivity index is 0.000000124. The largest absolute Gasteiger partial charge is 0.452 e. The van der Waals surface area contributed by atoms with E-state index in [4.69, 9.17) is 20.4 Å². The molecule has 0 fully saturated rings. The molecule has 10 heteroatoms. The molecule has 6 heterocycles. The normalized spacial score (nSPS) is 11.3. The molecule has 0 aliphatic carbocycles. The quantitative estimate of drug-likeness (QED) is 0.160. The maximum atomic E-state index is 6.20. The molecule has 16 rings (SSSR count). The van der Waals surface area contributed by atoms with Gasteiger partial charge in [-0.25, -0.2) is 19.9 Å². The summed E-state index contributed by atoms with van der Waals surface area (Å²) in [5.41, 5.74) is 16.1. The van der Waals surface area contributed by atoms with Gasteiger partial charge in [0.2, 0.25) is 0 Å². The van der Waals surface area contributed by atoms with Gasteiger partial charge in [-0.1, -0.05) is 199 Å². The van der Waals surface area contributed by atoms with Crippen LogP contribution in [0.5, 0.6) is 0 Å². The van der Waals surface area contributed by atoms with Crippen LogP contribution in [0.15, 0.2) is 256 Å². The van der Waals surface area contributed by atoms with Crippen LogP contribution in [0.25, 0.3) is 140 Å². The van der Waals surface area contributed by atoms with Gasteiger partial charge < -0.3 is 8.83 Å². The molecule has 0 N–H and O–H groups in total. The number of hydrogen-bond donors (Lipinski definition) is 0.